The molecule has 0 radical (unpaired) electrons. The topological polar surface area (TPSA) is 9.86 Å². The highest BCUT2D eigenvalue weighted by Crippen LogP contribution is 2.58. The SMILES string of the molecule is C1=C2C(=CCC1)C(c1ccc(-c3ccc(-n4c5ccccc5c5ccccc54)cc3)cc1)(c1ccc(-c3ccc(-n4c5ccccc5c5ccccc54)cc3)cc1)c1ccccc12. The van der Waals surface area contributed by atoms with Crippen LogP contribution >= 0.6 is 0 Å². The fourth-order valence-electron chi connectivity index (χ4n) is 11.1. The summed E-state index contributed by atoms with van der Waals surface area (Å²) in [7, 11) is 0. The predicted molar refractivity (Wildman–Crippen MR) is 264 cm³/mol. The van der Waals surface area contributed by atoms with E-state index in [4.69, 9.17) is 0 Å². The van der Waals surface area contributed by atoms with E-state index in [9.17, 15) is 0 Å². The highest BCUT2D eigenvalue weighted by molar-refractivity contribution is 6.10. The molecule has 296 valence electrons. The lowest BCUT2D eigenvalue weighted by molar-refractivity contribution is 0.759. The van der Waals surface area contributed by atoms with Crippen LogP contribution in [-0.4, -0.2) is 9.13 Å². The van der Waals surface area contributed by atoms with Crippen molar-refractivity contribution in [2.45, 2.75) is 18.3 Å². The van der Waals surface area contributed by atoms with E-state index < -0.39 is 5.41 Å². The molecule has 2 aliphatic carbocycles. The first kappa shape index (κ1) is 35.8. The Hall–Kier alpha value is -7.94. The van der Waals surface area contributed by atoms with Gasteiger partial charge >= 0.3 is 0 Å². The van der Waals surface area contributed by atoms with Crippen LogP contribution in [-0.2, 0) is 5.41 Å². The van der Waals surface area contributed by atoms with Gasteiger partial charge in [-0.3, -0.25) is 0 Å². The molecule has 2 aromatic heterocycles. The fraction of sp³-hybridized carbons (Fsp3) is 0.0492. The normalized spacial score (nSPS) is 14.2. The molecule has 2 heterocycles. The maximum Gasteiger partial charge on any atom is 0.0710 e. The maximum absolute atomic E-state index is 2.51. The Balaban J connectivity index is 0.874. The summed E-state index contributed by atoms with van der Waals surface area (Å²) < 4.78 is 4.77. The number of hydrogen-bond donors (Lipinski definition) is 0. The number of allylic oxidation sites excluding steroid dienone is 4. The average Bonchev–Trinajstić information content (AvgIpc) is 3.99. The smallest absolute Gasteiger partial charge is 0.0710 e. The van der Waals surface area contributed by atoms with Crippen molar-refractivity contribution < 1.29 is 0 Å². The third-order valence-electron chi connectivity index (χ3n) is 13.9. The molecule has 0 saturated carbocycles. The van der Waals surface area contributed by atoms with Crippen molar-refractivity contribution in [1.29, 1.82) is 0 Å². The number of hydrogen-bond acceptors (Lipinski definition) is 0. The molecule has 0 aliphatic heterocycles. The monoisotopic (exact) mass is 802 g/mol. The molecule has 0 N–H and O–H groups in total. The molecule has 2 nitrogen and oxygen atoms in total. The second-order valence-corrected chi connectivity index (χ2v) is 17.1. The molecule has 63 heavy (non-hydrogen) atoms. The van der Waals surface area contributed by atoms with Crippen LogP contribution in [0.15, 0.2) is 236 Å². The second kappa shape index (κ2) is 14.1. The number of benzene rings is 9. The van der Waals surface area contributed by atoms with Gasteiger partial charge < -0.3 is 9.13 Å². The standard InChI is InChI=1S/C61H42N2/c1-7-19-55-49(13-1)50-14-2-8-20-56(50)61(55,45-33-25-41(26-34-45)43-29-37-47(38-30-43)62-57-21-9-3-15-51(57)52-16-4-10-22-58(52)62)46-35-27-42(28-36-46)44-31-39-48(40-32-44)63-59-23-11-5-17-53(59)54-18-6-12-24-60(54)63/h1,3-7,9-40H,2,8H2. The van der Waals surface area contributed by atoms with Crippen LogP contribution in [0, 0.1) is 0 Å². The fourth-order valence-corrected chi connectivity index (χ4v) is 11.1. The Morgan fingerprint density at radius 1 is 0.317 bits per heavy atom. The van der Waals surface area contributed by atoms with E-state index >= 15 is 0 Å². The van der Waals surface area contributed by atoms with Gasteiger partial charge in [-0.05, 0) is 117 Å². The van der Waals surface area contributed by atoms with Crippen molar-refractivity contribution in [1.82, 2.24) is 9.13 Å². The first-order valence-corrected chi connectivity index (χ1v) is 22.2. The van der Waals surface area contributed by atoms with Crippen molar-refractivity contribution in [3.8, 4) is 33.6 Å². The number of aromatic nitrogens is 2. The van der Waals surface area contributed by atoms with Crippen LogP contribution in [0.1, 0.15) is 35.1 Å². The minimum atomic E-state index is -0.430. The minimum absolute atomic E-state index is 0.430. The van der Waals surface area contributed by atoms with Gasteiger partial charge in [-0.15, -0.1) is 0 Å². The lowest BCUT2D eigenvalue weighted by atomic mass is 9.66. The van der Waals surface area contributed by atoms with Crippen LogP contribution < -0.4 is 0 Å². The first-order chi connectivity index (χ1) is 31.3. The Kier molecular flexibility index (Phi) is 7.98. The van der Waals surface area contributed by atoms with E-state index in [1.54, 1.807) is 0 Å². The van der Waals surface area contributed by atoms with Crippen molar-refractivity contribution >= 4 is 49.2 Å². The van der Waals surface area contributed by atoms with Crippen LogP contribution in [0.5, 0.6) is 0 Å². The molecule has 2 aliphatic rings. The molecule has 0 bridgehead atoms. The Morgan fingerprint density at radius 2 is 0.667 bits per heavy atom. The summed E-state index contributed by atoms with van der Waals surface area (Å²) in [4.78, 5) is 0. The van der Waals surface area contributed by atoms with Gasteiger partial charge in [-0.1, -0.05) is 182 Å². The summed E-state index contributed by atoms with van der Waals surface area (Å²) >= 11 is 0. The molecule has 0 spiro atoms. The molecule has 2 heteroatoms. The van der Waals surface area contributed by atoms with E-state index in [-0.39, 0.29) is 0 Å². The summed E-state index contributed by atoms with van der Waals surface area (Å²) in [5.74, 6) is 0. The van der Waals surface area contributed by atoms with Crippen LogP contribution in [0.4, 0.5) is 0 Å². The van der Waals surface area contributed by atoms with E-state index in [1.165, 1.54) is 111 Å². The lowest BCUT2D eigenvalue weighted by Gasteiger charge is -2.35. The molecule has 11 aromatic rings. The largest absolute Gasteiger partial charge is 0.309 e. The lowest BCUT2D eigenvalue weighted by Crippen LogP contribution is -2.29. The highest BCUT2D eigenvalue weighted by Gasteiger charge is 2.48. The Bertz CT molecular complexity index is 3320. The second-order valence-electron chi connectivity index (χ2n) is 17.1. The van der Waals surface area contributed by atoms with Crippen LogP contribution in [0.25, 0.3) is 82.8 Å². The van der Waals surface area contributed by atoms with Gasteiger partial charge in [-0.25, -0.2) is 0 Å². The molecule has 0 fully saturated rings. The van der Waals surface area contributed by atoms with Gasteiger partial charge in [0.05, 0.1) is 27.5 Å². The van der Waals surface area contributed by atoms with Gasteiger partial charge in [0.25, 0.3) is 0 Å². The summed E-state index contributed by atoms with van der Waals surface area (Å²) in [5, 5.41) is 5.11. The Labute approximate surface area is 367 Å². The molecular formula is C61H42N2. The average molecular weight is 803 g/mol. The van der Waals surface area contributed by atoms with Crippen LogP contribution in [0.2, 0.25) is 0 Å². The number of nitrogens with zero attached hydrogens (tertiary/aromatic N) is 2. The first-order valence-electron chi connectivity index (χ1n) is 22.2. The van der Waals surface area contributed by atoms with Crippen molar-refractivity contribution in [3.63, 3.8) is 0 Å². The summed E-state index contributed by atoms with van der Waals surface area (Å²) in [6.45, 7) is 0. The summed E-state index contributed by atoms with van der Waals surface area (Å²) in [6, 6.07) is 80.9. The van der Waals surface area contributed by atoms with E-state index in [0.29, 0.717) is 0 Å². The quantitative estimate of drug-likeness (QED) is 0.158. The Morgan fingerprint density at radius 3 is 1.10 bits per heavy atom. The zero-order valence-electron chi connectivity index (χ0n) is 34.7. The van der Waals surface area contributed by atoms with Crippen molar-refractivity contribution in [3.05, 3.63) is 258 Å². The third kappa shape index (κ3) is 5.31. The van der Waals surface area contributed by atoms with Gasteiger partial charge in [-0.2, -0.15) is 0 Å². The van der Waals surface area contributed by atoms with Crippen molar-refractivity contribution in [2.75, 3.05) is 0 Å². The maximum atomic E-state index is 2.51. The predicted octanol–water partition coefficient (Wildman–Crippen LogP) is 15.7. The van der Waals surface area contributed by atoms with E-state index in [1.807, 2.05) is 0 Å². The number of para-hydroxylation sites is 4. The highest BCUT2D eigenvalue weighted by atomic mass is 15.0. The van der Waals surface area contributed by atoms with Gasteiger partial charge in [0.1, 0.15) is 0 Å². The molecule has 0 amide bonds. The third-order valence-corrected chi connectivity index (χ3v) is 13.9. The number of rotatable bonds is 6. The van der Waals surface area contributed by atoms with Crippen LogP contribution in [0.3, 0.4) is 0 Å². The molecule has 0 atom stereocenters. The zero-order valence-corrected chi connectivity index (χ0v) is 34.7. The van der Waals surface area contributed by atoms with Gasteiger partial charge in [0, 0.05) is 32.9 Å². The molecule has 9 aromatic carbocycles. The molecular weight excluding hydrogens is 761 g/mol. The van der Waals surface area contributed by atoms with Crippen molar-refractivity contribution in [2.24, 2.45) is 0 Å². The molecule has 0 unspecified atom stereocenters. The zero-order chi connectivity index (χ0) is 41.5. The number of fused-ring (bicyclic) bond motifs is 9. The molecule has 13 rings (SSSR count). The summed E-state index contributed by atoms with van der Waals surface area (Å²) in [6.07, 6.45) is 7.09. The molecule has 0 saturated heterocycles. The van der Waals surface area contributed by atoms with Gasteiger partial charge in [0.15, 0.2) is 0 Å². The van der Waals surface area contributed by atoms with E-state index in [2.05, 4.69) is 240 Å². The summed E-state index contributed by atoms with van der Waals surface area (Å²) in [5.41, 5.74) is 19.7. The van der Waals surface area contributed by atoms with E-state index in [0.717, 1.165) is 12.8 Å². The minimum Gasteiger partial charge on any atom is -0.309 e. The van der Waals surface area contributed by atoms with Gasteiger partial charge in [0.2, 0.25) is 0 Å².